The molecule has 2 amide bonds. The fourth-order valence-corrected chi connectivity index (χ4v) is 3.18. The van der Waals surface area contributed by atoms with Crippen LogP contribution >= 0.6 is 27.3 Å². The maximum absolute atomic E-state index is 12.4. The number of rotatable bonds is 4. The molecule has 0 aliphatic rings. The Morgan fingerprint density at radius 2 is 1.92 bits per heavy atom. The fraction of sp³-hybridized carbons (Fsp3) is 0.0588. The Morgan fingerprint density at radius 1 is 1.08 bits per heavy atom. The van der Waals surface area contributed by atoms with Crippen molar-refractivity contribution in [2.45, 2.75) is 6.92 Å². The lowest BCUT2D eigenvalue weighted by atomic mass is 10.2. The first-order chi connectivity index (χ1) is 11.5. The standard InChI is InChI=1S/C17H13BrN2O3S/c1-10-4-5-11(18)9-12(10)19-17(22)14-6-7-15(24-14)20-16(21)13-3-2-8-23-13/h2-9H,1H3,(H,19,22)(H,20,21). The van der Waals surface area contributed by atoms with E-state index in [0.29, 0.717) is 9.88 Å². The van der Waals surface area contributed by atoms with Crippen LogP contribution in [0.25, 0.3) is 0 Å². The molecule has 2 N–H and O–H groups in total. The summed E-state index contributed by atoms with van der Waals surface area (Å²) in [6.07, 6.45) is 1.43. The van der Waals surface area contributed by atoms with E-state index in [2.05, 4.69) is 26.6 Å². The fourth-order valence-electron chi connectivity index (χ4n) is 2.02. The van der Waals surface area contributed by atoms with E-state index in [4.69, 9.17) is 4.42 Å². The van der Waals surface area contributed by atoms with Gasteiger partial charge in [-0.25, -0.2) is 0 Å². The summed E-state index contributed by atoms with van der Waals surface area (Å²) in [7, 11) is 0. The summed E-state index contributed by atoms with van der Waals surface area (Å²) < 4.78 is 5.92. The summed E-state index contributed by atoms with van der Waals surface area (Å²) in [5, 5.41) is 6.15. The van der Waals surface area contributed by atoms with E-state index in [1.54, 1.807) is 24.3 Å². The van der Waals surface area contributed by atoms with Crippen LogP contribution in [0.3, 0.4) is 0 Å². The lowest BCUT2D eigenvalue weighted by Gasteiger charge is -2.07. The minimum Gasteiger partial charge on any atom is -0.459 e. The Morgan fingerprint density at radius 3 is 2.67 bits per heavy atom. The molecule has 0 bridgehead atoms. The molecule has 0 spiro atoms. The third-order valence-corrected chi connectivity index (χ3v) is 4.75. The first-order valence-electron chi connectivity index (χ1n) is 7.05. The second-order valence-corrected chi connectivity index (χ2v) is 7.01. The van der Waals surface area contributed by atoms with Gasteiger partial charge in [-0.15, -0.1) is 11.3 Å². The number of hydrogen-bond donors (Lipinski definition) is 2. The number of halogens is 1. The van der Waals surface area contributed by atoms with Gasteiger partial charge < -0.3 is 15.1 Å². The minimum absolute atomic E-state index is 0.221. The van der Waals surface area contributed by atoms with E-state index in [1.807, 2.05) is 25.1 Å². The molecule has 7 heteroatoms. The molecule has 3 aromatic rings. The van der Waals surface area contributed by atoms with Crippen molar-refractivity contribution in [1.82, 2.24) is 0 Å². The van der Waals surface area contributed by atoms with E-state index in [1.165, 1.54) is 17.6 Å². The molecule has 0 radical (unpaired) electrons. The number of furan rings is 1. The van der Waals surface area contributed by atoms with E-state index in [0.717, 1.165) is 15.7 Å². The highest BCUT2D eigenvalue weighted by Crippen LogP contribution is 2.25. The lowest BCUT2D eigenvalue weighted by molar-refractivity contribution is 0.0995. The molecule has 0 saturated heterocycles. The summed E-state index contributed by atoms with van der Waals surface area (Å²) in [5.41, 5.74) is 1.71. The number of carbonyl (C=O) groups excluding carboxylic acids is 2. The van der Waals surface area contributed by atoms with Gasteiger partial charge in [0.25, 0.3) is 11.8 Å². The normalized spacial score (nSPS) is 10.4. The second-order valence-electron chi connectivity index (χ2n) is 5.01. The van der Waals surface area contributed by atoms with Crippen molar-refractivity contribution in [2.75, 3.05) is 10.6 Å². The van der Waals surface area contributed by atoms with Gasteiger partial charge in [-0.3, -0.25) is 9.59 Å². The molecule has 122 valence electrons. The molecule has 0 saturated carbocycles. The molecule has 0 aliphatic heterocycles. The van der Waals surface area contributed by atoms with Crippen molar-refractivity contribution in [3.8, 4) is 0 Å². The zero-order valence-electron chi connectivity index (χ0n) is 12.6. The molecule has 0 unspecified atom stereocenters. The predicted molar refractivity (Wildman–Crippen MR) is 97.8 cm³/mol. The Kier molecular flexibility index (Phi) is 4.82. The topological polar surface area (TPSA) is 71.3 Å². The highest BCUT2D eigenvalue weighted by Gasteiger charge is 2.14. The van der Waals surface area contributed by atoms with Gasteiger partial charge in [-0.2, -0.15) is 0 Å². The van der Waals surface area contributed by atoms with Crippen LogP contribution in [0.5, 0.6) is 0 Å². The summed E-state index contributed by atoms with van der Waals surface area (Å²) in [6, 6.07) is 12.3. The van der Waals surface area contributed by atoms with Crippen molar-refractivity contribution in [1.29, 1.82) is 0 Å². The summed E-state index contributed by atoms with van der Waals surface area (Å²) in [4.78, 5) is 24.8. The van der Waals surface area contributed by atoms with Crippen LogP contribution in [0.4, 0.5) is 10.7 Å². The van der Waals surface area contributed by atoms with Gasteiger partial charge in [0.15, 0.2) is 5.76 Å². The van der Waals surface area contributed by atoms with Crippen molar-refractivity contribution in [3.05, 3.63) is 69.4 Å². The Bertz CT molecular complexity index is 887. The van der Waals surface area contributed by atoms with Crippen LogP contribution < -0.4 is 10.6 Å². The van der Waals surface area contributed by atoms with Crippen molar-refractivity contribution >= 4 is 49.8 Å². The maximum atomic E-state index is 12.4. The van der Waals surface area contributed by atoms with Crippen LogP contribution in [0.1, 0.15) is 25.8 Å². The van der Waals surface area contributed by atoms with Crippen LogP contribution in [0.2, 0.25) is 0 Å². The molecule has 24 heavy (non-hydrogen) atoms. The summed E-state index contributed by atoms with van der Waals surface area (Å²) in [5.74, 6) is -0.351. The molecule has 2 heterocycles. The van der Waals surface area contributed by atoms with Gasteiger partial charge in [-0.05, 0) is 48.9 Å². The van der Waals surface area contributed by atoms with Gasteiger partial charge in [0, 0.05) is 10.2 Å². The molecule has 0 aliphatic carbocycles. The Labute approximate surface area is 150 Å². The van der Waals surface area contributed by atoms with E-state index in [-0.39, 0.29) is 17.6 Å². The maximum Gasteiger partial charge on any atom is 0.291 e. The molecular weight excluding hydrogens is 392 g/mol. The Hall–Kier alpha value is -2.38. The van der Waals surface area contributed by atoms with Gasteiger partial charge in [-0.1, -0.05) is 22.0 Å². The van der Waals surface area contributed by atoms with Crippen LogP contribution in [-0.2, 0) is 0 Å². The molecular formula is C17H13BrN2O3S. The number of benzene rings is 1. The third-order valence-electron chi connectivity index (χ3n) is 3.26. The van der Waals surface area contributed by atoms with Gasteiger partial charge in [0.1, 0.15) is 0 Å². The van der Waals surface area contributed by atoms with Crippen LogP contribution in [0, 0.1) is 6.92 Å². The molecule has 0 fully saturated rings. The molecule has 1 aromatic carbocycles. The first-order valence-corrected chi connectivity index (χ1v) is 8.66. The largest absolute Gasteiger partial charge is 0.459 e. The first kappa shape index (κ1) is 16.5. The molecule has 5 nitrogen and oxygen atoms in total. The number of carbonyl (C=O) groups is 2. The number of anilines is 2. The highest BCUT2D eigenvalue weighted by molar-refractivity contribution is 9.10. The van der Waals surface area contributed by atoms with Crippen molar-refractivity contribution < 1.29 is 14.0 Å². The van der Waals surface area contributed by atoms with Gasteiger partial charge >= 0.3 is 0 Å². The van der Waals surface area contributed by atoms with Crippen molar-refractivity contribution in [2.24, 2.45) is 0 Å². The smallest absolute Gasteiger partial charge is 0.291 e. The van der Waals surface area contributed by atoms with Gasteiger partial charge in [0.05, 0.1) is 16.1 Å². The lowest BCUT2D eigenvalue weighted by Crippen LogP contribution is -2.11. The number of thiophene rings is 1. The number of amides is 2. The SMILES string of the molecule is Cc1ccc(Br)cc1NC(=O)c1ccc(NC(=O)c2ccco2)s1. The van der Waals surface area contributed by atoms with E-state index >= 15 is 0 Å². The third kappa shape index (κ3) is 3.74. The molecule has 3 rings (SSSR count). The van der Waals surface area contributed by atoms with E-state index < -0.39 is 0 Å². The molecule has 0 atom stereocenters. The zero-order valence-corrected chi connectivity index (χ0v) is 15.0. The quantitative estimate of drug-likeness (QED) is 0.648. The highest BCUT2D eigenvalue weighted by atomic mass is 79.9. The molecule has 2 aromatic heterocycles. The average Bonchev–Trinajstić information content (AvgIpc) is 3.22. The zero-order chi connectivity index (χ0) is 17.1. The number of aryl methyl sites for hydroxylation is 1. The second kappa shape index (κ2) is 7.02. The van der Waals surface area contributed by atoms with Crippen LogP contribution in [0.15, 0.2) is 57.6 Å². The van der Waals surface area contributed by atoms with Gasteiger partial charge in [0.2, 0.25) is 0 Å². The number of nitrogens with one attached hydrogen (secondary N) is 2. The minimum atomic E-state index is -0.350. The van der Waals surface area contributed by atoms with E-state index in [9.17, 15) is 9.59 Å². The predicted octanol–water partition coefficient (Wildman–Crippen LogP) is 4.92. The monoisotopic (exact) mass is 404 g/mol. The average molecular weight is 405 g/mol. The van der Waals surface area contributed by atoms with Crippen molar-refractivity contribution in [3.63, 3.8) is 0 Å². The summed E-state index contributed by atoms with van der Waals surface area (Å²) >= 11 is 4.59. The Balaban J connectivity index is 1.69. The number of hydrogen-bond acceptors (Lipinski definition) is 4. The summed E-state index contributed by atoms with van der Waals surface area (Å²) in [6.45, 7) is 1.92. The van der Waals surface area contributed by atoms with Crippen LogP contribution in [-0.4, -0.2) is 11.8 Å².